The van der Waals surface area contributed by atoms with Crippen LogP contribution in [0.4, 0.5) is 4.79 Å². The summed E-state index contributed by atoms with van der Waals surface area (Å²) in [6, 6.07) is 21.2. The molecule has 0 radical (unpaired) electrons. The molecule has 1 heterocycles. The fraction of sp³-hybridized carbons (Fsp3) is 0.395. The zero-order valence-corrected chi connectivity index (χ0v) is 29.2. The molecule has 5 rings (SSSR count). The molecule has 3 aromatic rings. The highest BCUT2D eigenvalue weighted by atomic mass is 16.7. The van der Waals surface area contributed by atoms with E-state index in [0.717, 1.165) is 55.7 Å². The lowest BCUT2D eigenvalue weighted by Crippen LogP contribution is -2.64. The lowest BCUT2D eigenvalue weighted by atomic mass is 9.97. The molecule has 1 fully saturated rings. The average Bonchev–Trinajstić information content (AvgIpc) is 3.44. The maximum atomic E-state index is 12.8. The summed E-state index contributed by atoms with van der Waals surface area (Å²) in [6.45, 7) is 3.31. The van der Waals surface area contributed by atoms with Crippen LogP contribution in [0.25, 0.3) is 11.1 Å². The largest absolute Gasteiger partial charge is 0.467 e. The van der Waals surface area contributed by atoms with E-state index in [-0.39, 0.29) is 18.3 Å². The predicted octanol–water partition coefficient (Wildman–Crippen LogP) is 3.72. The molecule has 276 valence electrons. The lowest BCUT2D eigenvalue weighted by molar-refractivity contribution is -0.282. The van der Waals surface area contributed by atoms with Gasteiger partial charge in [0.25, 0.3) is 0 Å². The normalized spacial score (nSPS) is 20.4. The molecule has 0 saturated carbocycles. The van der Waals surface area contributed by atoms with E-state index in [0.29, 0.717) is 24.9 Å². The number of nitrogens with one attached hydrogen (secondary N) is 1. The van der Waals surface area contributed by atoms with Gasteiger partial charge in [0.05, 0.1) is 13.7 Å². The Labute approximate surface area is 300 Å². The van der Waals surface area contributed by atoms with Gasteiger partial charge in [0.1, 0.15) is 12.4 Å². The second-order valence-electron chi connectivity index (χ2n) is 12.2. The van der Waals surface area contributed by atoms with E-state index in [4.69, 9.17) is 33.2 Å². The fourth-order valence-electron chi connectivity index (χ4n) is 6.43. The molecule has 14 heteroatoms. The number of amides is 1. The summed E-state index contributed by atoms with van der Waals surface area (Å²) in [6.07, 6.45) is -7.37. The van der Waals surface area contributed by atoms with Crippen LogP contribution in [0.1, 0.15) is 55.4 Å². The smallest absolute Gasteiger partial charge is 0.407 e. The maximum absolute atomic E-state index is 12.8. The van der Waals surface area contributed by atoms with Crippen molar-refractivity contribution in [1.82, 2.24) is 5.32 Å². The highest BCUT2D eigenvalue weighted by molar-refractivity contribution is 5.79. The van der Waals surface area contributed by atoms with E-state index in [1.807, 2.05) is 36.4 Å². The molecule has 0 unspecified atom stereocenters. The number of aliphatic hydroxyl groups excluding tert-OH is 1. The molecule has 52 heavy (non-hydrogen) atoms. The number of benzene rings is 3. The van der Waals surface area contributed by atoms with Crippen LogP contribution in [0.5, 0.6) is 5.75 Å². The van der Waals surface area contributed by atoms with Gasteiger partial charge in [0.15, 0.2) is 18.3 Å². The van der Waals surface area contributed by atoms with Crippen molar-refractivity contribution in [2.75, 3.05) is 20.3 Å². The molecular weight excluding hydrogens is 678 g/mol. The highest BCUT2D eigenvalue weighted by Gasteiger charge is 2.56. The van der Waals surface area contributed by atoms with Crippen molar-refractivity contribution in [3.05, 3.63) is 89.0 Å². The van der Waals surface area contributed by atoms with Gasteiger partial charge < -0.3 is 43.6 Å². The van der Waals surface area contributed by atoms with Crippen LogP contribution in [0.15, 0.2) is 66.7 Å². The minimum atomic E-state index is -1.64. The number of aliphatic hydroxyl groups is 1. The van der Waals surface area contributed by atoms with Crippen molar-refractivity contribution in [1.29, 1.82) is 0 Å². The Kier molecular flexibility index (Phi) is 12.5. The number of fused-ring (bicyclic) bond motifs is 3. The van der Waals surface area contributed by atoms with Gasteiger partial charge in [0.2, 0.25) is 12.4 Å². The fourth-order valence-corrected chi connectivity index (χ4v) is 6.43. The van der Waals surface area contributed by atoms with Gasteiger partial charge in [-0.3, -0.25) is 14.4 Å². The Morgan fingerprint density at radius 3 is 1.98 bits per heavy atom. The number of hydrogen-bond donors (Lipinski definition) is 2. The Bertz CT molecular complexity index is 1750. The van der Waals surface area contributed by atoms with Crippen LogP contribution in [-0.4, -0.2) is 86.0 Å². The Morgan fingerprint density at radius 1 is 0.788 bits per heavy atom. The number of esters is 4. The number of carbonyl (C=O) groups excluding carboxylic acids is 5. The van der Waals surface area contributed by atoms with Crippen LogP contribution < -0.4 is 10.1 Å². The molecule has 1 saturated heterocycles. The standard InChI is InChI=1S/C38H41NO13/c1-21(41)48-32-33(49-22(2)42)35(50-23(3)43)37(52-34(32)36(44)46-4)51-31-18-24(15-16-25(31)19-40)10-9-17-39-38(45)47-20-30-28-13-7-5-11-26(28)27-12-6-8-14-29(27)30/h5-8,11-16,18,30,32-35,37,40H,9-10,17,19-20H2,1-4H3,(H,39,45)/t32-,33-,34-,35+,37+/m0/s1. The van der Waals surface area contributed by atoms with Gasteiger partial charge >= 0.3 is 30.0 Å². The number of hydrogen-bond acceptors (Lipinski definition) is 13. The minimum absolute atomic E-state index is 0.0602. The van der Waals surface area contributed by atoms with Crippen molar-refractivity contribution in [2.24, 2.45) is 0 Å². The monoisotopic (exact) mass is 719 g/mol. The zero-order valence-electron chi connectivity index (χ0n) is 29.2. The quantitative estimate of drug-likeness (QED) is 0.148. The Morgan fingerprint density at radius 2 is 1.38 bits per heavy atom. The Balaban J connectivity index is 1.24. The first kappa shape index (κ1) is 37.8. The molecule has 1 aliphatic heterocycles. The lowest BCUT2D eigenvalue weighted by Gasteiger charge is -2.43. The summed E-state index contributed by atoms with van der Waals surface area (Å²) >= 11 is 0. The SMILES string of the molecule is COC(=O)[C@H]1O[C@@H](Oc2cc(CCCNC(=O)OCC3c4ccccc4-c4ccccc43)ccc2CO)[C@H](OC(C)=O)[C@@H](OC(C)=O)[C@@H]1OC(C)=O. The molecule has 14 nitrogen and oxygen atoms in total. The minimum Gasteiger partial charge on any atom is -0.467 e. The molecule has 3 aromatic carbocycles. The molecule has 0 aromatic heterocycles. The molecule has 2 aliphatic rings. The Hall–Kier alpha value is -5.47. The second-order valence-corrected chi connectivity index (χ2v) is 12.2. The van der Waals surface area contributed by atoms with Crippen LogP contribution in [0.2, 0.25) is 0 Å². The summed E-state index contributed by atoms with van der Waals surface area (Å²) in [5.74, 6) is -3.38. The van der Waals surface area contributed by atoms with Crippen LogP contribution >= 0.6 is 0 Å². The predicted molar refractivity (Wildman–Crippen MR) is 182 cm³/mol. The van der Waals surface area contributed by atoms with Gasteiger partial charge in [0, 0.05) is 38.8 Å². The third-order valence-electron chi connectivity index (χ3n) is 8.63. The summed E-state index contributed by atoms with van der Waals surface area (Å²) in [7, 11) is 1.08. The summed E-state index contributed by atoms with van der Waals surface area (Å²) in [5.41, 5.74) is 5.58. The molecule has 2 N–H and O–H groups in total. The molecule has 0 bridgehead atoms. The van der Waals surface area contributed by atoms with Crippen LogP contribution in [0, 0.1) is 0 Å². The van der Waals surface area contributed by atoms with Crippen LogP contribution in [-0.2, 0) is 60.6 Å². The number of carbonyl (C=O) groups is 5. The summed E-state index contributed by atoms with van der Waals surface area (Å²) in [5, 5.41) is 12.9. The highest BCUT2D eigenvalue weighted by Crippen LogP contribution is 2.44. The molecular formula is C38H41NO13. The third-order valence-corrected chi connectivity index (χ3v) is 8.63. The number of alkyl carbamates (subject to hydrolysis) is 1. The van der Waals surface area contributed by atoms with E-state index in [2.05, 4.69) is 17.4 Å². The molecule has 5 atom stereocenters. The van der Waals surface area contributed by atoms with Gasteiger partial charge in [-0.25, -0.2) is 9.59 Å². The van der Waals surface area contributed by atoms with Crippen molar-refractivity contribution >= 4 is 30.0 Å². The van der Waals surface area contributed by atoms with E-state index < -0.39 is 67.3 Å². The summed E-state index contributed by atoms with van der Waals surface area (Å²) < 4.78 is 38.5. The van der Waals surface area contributed by atoms with Crippen LogP contribution in [0.3, 0.4) is 0 Å². The van der Waals surface area contributed by atoms with Crippen molar-refractivity contribution in [3.8, 4) is 16.9 Å². The van der Waals surface area contributed by atoms with Gasteiger partial charge in [-0.1, -0.05) is 60.7 Å². The first-order chi connectivity index (χ1) is 25.0. The number of rotatable bonds is 13. The van der Waals surface area contributed by atoms with Gasteiger partial charge in [-0.15, -0.1) is 0 Å². The second kappa shape index (κ2) is 17.2. The first-order valence-electron chi connectivity index (χ1n) is 16.7. The number of ether oxygens (including phenoxy) is 7. The molecule has 1 aliphatic carbocycles. The van der Waals surface area contributed by atoms with E-state index in [1.54, 1.807) is 18.2 Å². The van der Waals surface area contributed by atoms with Crippen molar-refractivity contribution < 1.29 is 62.2 Å². The summed E-state index contributed by atoms with van der Waals surface area (Å²) in [4.78, 5) is 61.7. The first-order valence-corrected chi connectivity index (χ1v) is 16.7. The zero-order chi connectivity index (χ0) is 37.4. The topological polar surface area (TPSA) is 182 Å². The van der Waals surface area contributed by atoms with E-state index >= 15 is 0 Å². The van der Waals surface area contributed by atoms with Gasteiger partial charge in [-0.05, 0) is 46.7 Å². The number of methoxy groups -OCH3 is 1. The molecule has 0 spiro atoms. The van der Waals surface area contributed by atoms with E-state index in [9.17, 15) is 29.1 Å². The van der Waals surface area contributed by atoms with Crippen molar-refractivity contribution in [3.63, 3.8) is 0 Å². The number of aryl methyl sites for hydroxylation is 1. The average molecular weight is 720 g/mol. The maximum Gasteiger partial charge on any atom is 0.407 e. The van der Waals surface area contributed by atoms with Crippen molar-refractivity contribution in [2.45, 2.75) is 76.8 Å². The van der Waals surface area contributed by atoms with Gasteiger partial charge in [-0.2, -0.15) is 0 Å². The molecule has 1 amide bonds. The van der Waals surface area contributed by atoms with E-state index in [1.165, 1.54) is 0 Å². The third kappa shape index (κ3) is 8.87.